The van der Waals surface area contributed by atoms with Crippen molar-refractivity contribution in [3.8, 4) is 0 Å². The maximum absolute atomic E-state index is 13.5. The normalized spacial score (nSPS) is 12.5. The van der Waals surface area contributed by atoms with E-state index in [2.05, 4.69) is 10.3 Å². The number of aryl methyl sites for hydroxylation is 1. The number of hydrogen-bond donors (Lipinski definition) is 2. The van der Waals surface area contributed by atoms with Gasteiger partial charge in [0.15, 0.2) is 0 Å². The first-order valence-corrected chi connectivity index (χ1v) is 6.87. The zero-order chi connectivity index (χ0) is 15.1. The summed E-state index contributed by atoms with van der Waals surface area (Å²) in [6.45, 7) is 1.37. The fourth-order valence-electron chi connectivity index (χ4n) is 2.14. The molecule has 5 nitrogen and oxygen atoms in total. The Morgan fingerprint density at radius 1 is 1.43 bits per heavy atom. The molecule has 6 heteroatoms. The molecule has 0 aliphatic rings. The van der Waals surface area contributed by atoms with Crippen molar-refractivity contribution in [2.45, 2.75) is 6.04 Å². The number of ether oxygens (including phenoxy) is 1. The van der Waals surface area contributed by atoms with Gasteiger partial charge in [-0.05, 0) is 17.7 Å². The van der Waals surface area contributed by atoms with Crippen LogP contribution in [0.25, 0.3) is 0 Å². The van der Waals surface area contributed by atoms with E-state index in [0.29, 0.717) is 19.8 Å². The number of aromatic nitrogens is 2. The molecule has 0 saturated carbocycles. The fourth-order valence-corrected chi connectivity index (χ4v) is 2.14. The second-order valence-corrected chi connectivity index (χ2v) is 4.67. The average molecular weight is 293 g/mol. The molecule has 2 aromatic rings. The Hall–Kier alpha value is -1.76. The highest BCUT2D eigenvalue weighted by Crippen LogP contribution is 2.20. The Morgan fingerprint density at radius 3 is 2.95 bits per heavy atom. The van der Waals surface area contributed by atoms with Gasteiger partial charge in [0.25, 0.3) is 0 Å². The van der Waals surface area contributed by atoms with Crippen molar-refractivity contribution >= 4 is 0 Å². The Kier molecular flexibility index (Phi) is 5.86. The van der Waals surface area contributed by atoms with Crippen LogP contribution in [0, 0.1) is 5.82 Å². The molecule has 0 radical (unpaired) electrons. The molecule has 0 aliphatic carbocycles. The number of nitrogens with zero attached hydrogens (tertiary/aromatic N) is 2. The number of aliphatic hydroxyl groups is 1. The van der Waals surface area contributed by atoms with Crippen LogP contribution in [0.5, 0.6) is 0 Å². The Bertz CT molecular complexity index is 559. The van der Waals surface area contributed by atoms with Gasteiger partial charge in [-0.15, -0.1) is 0 Å². The van der Waals surface area contributed by atoms with Crippen molar-refractivity contribution < 1.29 is 14.2 Å². The standard InChI is InChI=1S/C15H20FN3O2/c1-19-7-5-18-15(19)14(17-6-9-21-10-8-20)12-3-2-4-13(16)11-12/h2-5,7,11,14,17,20H,6,8-10H2,1H3. The van der Waals surface area contributed by atoms with Crippen molar-refractivity contribution in [2.24, 2.45) is 7.05 Å². The molecule has 0 amide bonds. The summed E-state index contributed by atoms with van der Waals surface area (Å²) in [5, 5.41) is 12.0. The highest BCUT2D eigenvalue weighted by molar-refractivity contribution is 5.26. The lowest BCUT2D eigenvalue weighted by Gasteiger charge is -2.19. The molecular weight excluding hydrogens is 273 g/mol. The van der Waals surface area contributed by atoms with Gasteiger partial charge in [0.05, 0.1) is 25.9 Å². The molecule has 1 unspecified atom stereocenters. The smallest absolute Gasteiger partial charge is 0.130 e. The molecule has 114 valence electrons. The summed E-state index contributed by atoms with van der Waals surface area (Å²) in [6.07, 6.45) is 3.57. The summed E-state index contributed by atoms with van der Waals surface area (Å²) in [5.41, 5.74) is 0.812. The van der Waals surface area contributed by atoms with Gasteiger partial charge in [0.1, 0.15) is 11.6 Å². The lowest BCUT2D eigenvalue weighted by molar-refractivity contribution is 0.0930. The highest BCUT2D eigenvalue weighted by atomic mass is 19.1. The number of nitrogens with one attached hydrogen (secondary N) is 1. The van der Waals surface area contributed by atoms with Gasteiger partial charge >= 0.3 is 0 Å². The molecule has 1 heterocycles. The third-order valence-corrected chi connectivity index (χ3v) is 3.13. The number of aliphatic hydroxyl groups excluding tert-OH is 1. The maximum Gasteiger partial charge on any atom is 0.130 e. The van der Waals surface area contributed by atoms with E-state index in [9.17, 15) is 4.39 Å². The predicted octanol–water partition coefficient (Wildman–Crippen LogP) is 1.25. The van der Waals surface area contributed by atoms with Gasteiger partial charge in [-0.3, -0.25) is 0 Å². The van der Waals surface area contributed by atoms with Crippen LogP contribution in [-0.4, -0.2) is 41.0 Å². The molecule has 1 atom stereocenters. The Morgan fingerprint density at radius 2 is 2.29 bits per heavy atom. The van der Waals surface area contributed by atoms with Crippen molar-refractivity contribution in [1.82, 2.24) is 14.9 Å². The summed E-state index contributed by atoms with van der Waals surface area (Å²) in [4.78, 5) is 4.33. The van der Waals surface area contributed by atoms with Crippen molar-refractivity contribution in [1.29, 1.82) is 0 Å². The van der Waals surface area contributed by atoms with Crippen molar-refractivity contribution in [3.63, 3.8) is 0 Å². The molecule has 0 fully saturated rings. The van der Waals surface area contributed by atoms with E-state index in [1.807, 2.05) is 23.9 Å². The van der Waals surface area contributed by atoms with Crippen LogP contribution in [0.1, 0.15) is 17.4 Å². The predicted molar refractivity (Wildman–Crippen MR) is 77.4 cm³/mol. The molecular formula is C15H20FN3O2. The molecule has 0 aliphatic heterocycles. The zero-order valence-corrected chi connectivity index (χ0v) is 12.0. The molecule has 2 rings (SSSR count). The molecule has 0 spiro atoms. The van der Waals surface area contributed by atoms with E-state index in [4.69, 9.17) is 9.84 Å². The third kappa shape index (κ3) is 4.35. The second-order valence-electron chi connectivity index (χ2n) is 4.67. The third-order valence-electron chi connectivity index (χ3n) is 3.13. The van der Waals surface area contributed by atoms with Crippen LogP contribution >= 0.6 is 0 Å². The molecule has 1 aromatic heterocycles. The average Bonchev–Trinajstić information content (AvgIpc) is 2.89. The van der Waals surface area contributed by atoms with Gasteiger partial charge in [-0.25, -0.2) is 9.37 Å². The van der Waals surface area contributed by atoms with Crippen LogP contribution < -0.4 is 5.32 Å². The van der Waals surface area contributed by atoms with Crippen LogP contribution in [-0.2, 0) is 11.8 Å². The van der Waals surface area contributed by atoms with Gasteiger partial charge in [0.2, 0.25) is 0 Å². The van der Waals surface area contributed by atoms with E-state index < -0.39 is 0 Å². The number of imidazole rings is 1. The topological polar surface area (TPSA) is 59.3 Å². The molecule has 21 heavy (non-hydrogen) atoms. The van der Waals surface area contributed by atoms with Gasteiger partial charge in [-0.1, -0.05) is 12.1 Å². The van der Waals surface area contributed by atoms with Crippen molar-refractivity contribution in [3.05, 3.63) is 53.9 Å². The number of halogens is 1. The van der Waals surface area contributed by atoms with Gasteiger partial charge < -0.3 is 19.7 Å². The van der Waals surface area contributed by atoms with Gasteiger partial charge in [0, 0.05) is 26.0 Å². The maximum atomic E-state index is 13.5. The summed E-state index contributed by atoms with van der Waals surface area (Å²) in [6, 6.07) is 6.26. The minimum absolute atomic E-state index is 0.00664. The first kappa shape index (κ1) is 15.6. The summed E-state index contributed by atoms with van der Waals surface area (Å²) in [5.74, 6) is 0.535. The first-order chi connectivity index (χ1) is 10.2. The molecule has 0 saturated heterocycles. The SMILES string of the molecule is Cn1ccnc1C(NCCOCCO)c1cccc(F)c1. The Labute approximate surface area is 123 Å². The van der Waals surface area contributed by atoms with Crippen LogP contribution in [0.3, 0.4) is 0 Å². The highest BCUT2D eigenvalue weighted by Gasteiger charge is 2.18. The monoisotopic (exact) mass is 293 g/mol. The Balaban J connectivity index is 2.10. The van der Waals surface area contributed by atoms with E-state index >= 15 is 0 Å². The number of benzene rings is 1. The lowest BCUT2D eigenvalue weighted by Crippen LogP contribution is -2.28. The van der Waals surface area contributed by atoms with Crippen molar-refractivity contribution in [2.75, 3.05) is 26.4 Å². The zero-order valence-electron chi connectivity index (χ0n) is 12.0. The second kappa shape index (κ2) is 7.87. The van der Waals surface area contributed by atoms with E-state index in [-0.39, 0.29) is 18.5 Å². The summed E-state index contributed by atoms with van der Waals surface area (Å²) < 4.78 is 20.6. The summed E-state index contributed by atoms with van der Waals surface area (Å²) >= 11 is 0. The van der Waals surface area contributed by atoms with Crippen LogP contribution in [0.15, 0.2) is 36.7 Å². The summed E-state index contributed by atoms with van der Waals surface area (Å²) in [7, 11) is 1.90. The minimum atomic E-state index is -0.273. The molecule has 1 aromatic carbocycles. The minimum Gasteiger partial charge on any atom is -0.394 e. The van der Waals surface area contributed by atoms with E-state index in [0.717, 1.165) is 11.4 Å². The fraction of sp³-hybridized carbons (Fsp3) is 0.400. The molecule has 2 N–H and O–H groups in total. The number of hydrogen-bond acceptors (Lipinski definition) is 4. The first-order valence-electron chi connectivity index (χ1n) is 6.87. The molecule has 0 bridgehead atoms. The van der Waals surface area contributed by atoms with E-state index in [1.165, 1.54) is 12.1 Å². The lowest BCUT2D eigenvalue weighted by atomic mass is 10.1. The quantitative estimate of drug-likeness (QED) is 0.719. The van der Waals surface area contributed by atoms with Gasteiger partial charge in [-0.2, -0.15) is 0 Å². The largest absolute Gasteiger partial charge is 0.394 e. The number of rotatable bonds is 8. The van der Waals surface area contributed by atoms with Crippen LogP contribution in [0.2, 0.25) is 0 Å². The van der Waals surface area contributed by atoms with Crippen LogP contribution in [0.4, 0.5) is 4.39 Å². The van der Waals surface area contributed by atoms with E-state index in [1.54, 1.807) is 12.3 Å².